The zero-order valence-electron chi connectivity index (χ0n) is 10.8. The van der Waals surface area contributed by atoms with E-state index >= 15 is 0 Å². The summed E-state index contributed by atoms with van der Waals surface area (Å²) in [7, 11) is 1.70. The number of nitrogens with one attached hydrogen (secondary N) is 1. The third-order valence-corrected chi connectivity index (χ3v) is 3.38. The number of likely N-dealkylation sites (N-methyl/N-ethyl adjacent to an activating group) is 1. The number of nitrogens with two attached hydrogens (primary N) is 1. The van der Waals surface area contributed by atoms with Gasteiger partial charge in [-0.15, -0.1) is 0 Å². The highest BCUT2D eigenvalue weighted by Crippen LogP contribution is 2.36. The van der Waals surface area contributed by atoms with Gasteiger partial charge in [-0.05, 0) is 17.7 Å². The normalized spacial score (nSPS) is 13.6. The molecule has 2 heterocycles. The lowest BCUT2D eigenvalue weighted by Gasteiger charge is -2.26. The topological polar surface area (TPSA) is 95.1 Å². The van der Waals surface area contributed by atoms with E-state index in [1.807, 2.05) is 12.1 Å². The number of nitrogen functional groups attached to an aromatic ring is 1. The second-order valence-electron chi connectivity index (χ2n) is 4.53. The minimum atomic E-state index is -0.108. The fourth-order valence-corrected chi connectivity index (χ4v) is 2.23. The fraction of sp³-hybridized carbons (Fsp3) is 0.143. The molecule has 0 fully saturated rings. The summed E-state index contributed by atoms with van der Waals surface area (Å²) in [5, 5.41) is 9.14. The van der Waals surface area contributed by atoms with Crippen molar-refractivity contribution in [2.75, 3.05) is 24.3 Å². The van der Waals surface area contributed by atoms with Crippen molar-refractivity contribution in [3.8, 4) is 22.9 Å². The van der Waals surface area contributed by atoms with E-state index in [0.717, 1.165) is 5.56 Å². The van der Waals surface area contributed by atoms with Crippen LogP contribution in [0.3, 0.4) is 0 Å². The molecule has 0 atom stereocenters. The average Bonchev–Trinajstić information content (AvgIpc) is 2.83. The number of amides is 1. The van der Waals surface area contributed by atoms with E-state index in [1.54, 1.807) is 24.2 Å². The Kier molecular flexibility index (Phi) is 2.61. The molecule has 0 saturated heterocycles. The summed E-state index contributed by atoms with van der Waals surface area (Å²) in [6.45, 7) is 0.0450. The van der Waals surface area contributed by atoms with E-state index in [9.17, 15) is 4.79 Å². The molecule has 1 amide bonds. The number of H-pyrrole nitrogens is 1. The lowest BCUT2D eigenvalue weighted by Crippen LogP contribution is -2.35. The molecule has 1 aromatic heterocycles. The molecule has 6 nitrogen and oxygen atoms in total. The quantitative estimate of drug-likeness (QED) is 0.819. The predicted molar refractivity (Wildman–Crippen MR) is 74.3 cm³/mol. The first-order valence-electron chi connectivity index (χ1n) is 6.02. The van der Waals surface area contributed by atoms with Crippen LogP contribution in [0.25, 0.3) is 11.1 Å². The van der Waals surface area contributed by atoms with Crippen LogP contribution in [-0.2, 0) is 4.79 Å². The maximum atomic E-state index is 11.7. The summed E-state index contributed by atoms with van der Waals surface area (Å²) in [6, 6.07) is 7.52. The zero-order valence-corrected chi connectivity index (χ0v) is 10.8. The standard InChI is InChI=1S/C14H12N4O2/c1-18-11-4-8(2-3-12(11)20-7-13(18)19)10-6-17-14(16)9(10)5-15/h2-4,6,17H,7,16H2,1H3. The first-order valence-corrected chi connectivity index (χ1v) is 6.02. The second-order valence-corrected chi connectivity index (χ2v) is 4.53. The van der Waals surface area contributed by atoms with Gasteiger partial charge in [-0.25, -0.2) is 0 Å². The maximum absolute atomic E-state index is 11.7. The molecule has 3 N–H and O–H groups in total. The Morgan fingerprint density at radius 2 is 2.30 bits per heavy atom. The summed E-state index contributed by atoms with van der Waals surface area (Å²) in [5.41, 5.74) is 8.30. The van der Waals surface area contributed by atoms with Gasteiger partial charge in [-0.2, -0.15) is 5.26 Å². The van der Waals surface area contributed by atoms with Gasteiger partial charge in [0.15, 0.2) is 6.61 Å². The second kappa shape index (κ2) is 4.31. The van der Waals surface area contributed by atoms with Crippen LogP contribution in [0.4, 0.5) is 11.5 Å². The minimum absolute atomic E-state index is 0.0450. The van der Waals surface area contributed by atoms with Crippen LogP contribution in [0.2, 0.25) is 0 Å². The van der Waals surface area contributed by atoms with Crippen LogP contribution in [0.5, 0.6) is 5.75 Å². The molecule has 1 aliphatic heterocycles. The SMILES string of the molecule is CN1C(=O)COc2ccc(-c3c[nH]c(N)c3C#N)cc21. The molecule has 0 radical (unpaired) electrons. The number of carbonyl (C=O) groups excluding carboxylic acids is 1. The van der Waals surface area contributed by atoms with Gasteiger partial charge in [0.25, 0.3) is 5.91 Å². The van der Waals surface area contributed by atoms with Gasteiger partial charge >= 0.3 is 0 Å². The predicted octanol–water partition coefficient (Wildman–Crippen LogP) is 1.49. The highest BCUT2D eigenvalue weighted by molar-refractivity contribution is 5.98. The molecule has 20 heavy (non-hydrogen) atoms. The van der Waals surface area contributed by atoms with Crippen molar-refractivity contribution in [2.24, 2.45) is 0 Å². The number of fused-ring (bicyclic) bond motifs is 1. The number of carbonyl (C=O) groups is 1. The smallest absolute Gasteiger partial charge is 0.264 e. The number of aromatic amines is 1. The molecule has 1 aromatic carbocycles. The summed E-state index contributed by atoms with van der Waals surface area (Å²) in [4.78, 5) is 16.0. The summed E-state index contributed by atoms with van der Waals surface area (Å²) >= 11 is 0. The number of rotatable bonds is 1. The molecule has 6 heteroatoms. The van der Waals surface area contributed by atoms with Gasteiger partial charge in [0.2, 0.25) is 0 Å². The monoisotopic (exact) mass is 268 g/mol. The van der Waals surface area contributed by atoms with Crippen molar-refractivity contribution in [1.29, 1.82) is 5.26 Å². The molecule has 3 rings (SSSR count). The lowest BCUT2D eigenvalue weighted by molar-refractivity contribution is -0.120. The number of nitrogens with zero attached hydrogens (tertiary/aromatic N) is 2. The van der Waals surface area contributed by atoms with E-state index in [4.69, 9.17) is 15.7 Å². The Morgan fingerprint density at radius 1 is 1.50 bits per heavy atom. The van der Waals surface area contributed by atoms with Crippen LogP contribution in [0.1, 0.15) is 5.56 Å². The molecule has 1 aliphatic rings. The Labute approximate surface area is 115 Å². The van der Waals surface area contributed by atoms with E-state index < -0.39 is 0 Å². The molecule has 0 saturated carbocycles. The van der Waals surface area contributed by atoms with Gasteiger partial charge in [0, 0.05) is 18.8 Å². The minimum Gasteiger partial charge on any atom is -0.482 e. The van der Waals surface area contributed by atoms with Gasteiger partial charge < -0.3 is 20.4 Å². The molecule has 0 bridgehead atoms. The molecular formula is C14H12N4O2. The number of ether oxygens (including phenoxy) is 1. The van der Waals surface area contributed by atoms with Crippen molar-refractivity contribution in [1.82, 2.24) is 4.98 Å². The molecular weight excluding hydrogens is 256 g/mol. The van der Waals surface area contributed by atoms with Crippen molar-refractivity contribution >= 4 is 17.4 Å². The van der Waals surface area contributed by atoms with Crippen LogP contribution in [0, 0.1) is 11.3 Å². The van der Waals surface area contributed by atoms with E-state index in [1.165, 1.54) is 0 Å². The van der Waals surface area contributed by atoms with Crippen LogP contribution >= 0.6 is 0 Å². The van der Waals surface area contributed by atoms with E-state index in [-0.39, 0.29) is 12.5 Å². The van der Waals surface area contributed by atoms with Gasteiger partial charge in [-0.1, -0.05) is 6.07 Å². The van der Waals surface area contributed by atoms with Crippen LogP contribution in [0.15, 0.2) is 24.4 Å². The van der Waals surface area contributed by atoms with Gasteiger partial charge in [0.05, 0.1) is 5.69 Å². The van der Waals surface area contributed by atoms with Gasteiger partial charge in [0.1, 0.15) is 23.2 Å². The Hall–Kier alpha value is -2.94. The number of benzene rings is 1. The van der Waals surface area contributed by atoms with Crippen molar-refractivity contribution in [3.63, 3.8) is 0 Å². The Bertz CT molecular complexity index is 742. The molecule has 0 unspecified atom stereocenters. The van der Waals surface area contributed by atoms with Crippen molar-refractivity contribution in [3.05, 3.63) is 30.0 Å². The van der Waals surface area contributed by atoms with E-state index in [0.29, 0.717) is 28.4 Å². The summed E-state index contributed by atoms with van der Waals surface area (Å²) in [5.74, 6) is 0.877. The fourth-order valence-electron chi connectivity index (χ4n) is 2.23. The number of hydrogen-bond acceptors (Lipinski definition) is 4. The highest BCUT2D eigenvalue weighted by atomic mass is 16.5. The summed E-state index contributed by atoms with van der Waals surface area (Å²) < 4.78 is 5.37. The third-order valence-electron chi connectivity index (χ3n) is 3.38. The number of hydrogen-bond donors (Lipinski definition) is 2. The molecule has 0 spiro atoms. The van der Waals surface area contributed by atoms with Gasteiger partial charge in [-0.3, -0.25) is 4.79 Å². The average molecular weight is 268 g/mol. The Balaban J connectivity index is 2.13. The summed E-state index contributed by atoms with van der Waals surface area (Å²) in [6.07, 6.45) is 1.68. The molecule has 0 aliphatic carbocycles. The molecule has 2 aromatic rings. The number of aromatic nitrogens is 1. The number of anilines is 2. The lowest BCUT2D eigenvalue weighted by atomic mass is 10.0. The van der Waals surface area contributed by atoms with Crippen molar-refractivity contribution in [2.45, 2.75) is 0 Å². The molecule has 100 valence electrons. The third kappa shape index (κ3) is 1.68. The first kappa shape index (κ1) is 12.1. The largest absolute Gasteiger partial charge is 0.482 e. The van der Waals surface area contributed by atoms with E-state index in [2.05, 4.69) is 11.1 Å². The highest BCUT2D eigenvalue weighted by Gasteiger charge is 2.23. The zero-order chi connectivity index (χ0) is 14.3. The maximum Gasteiger partial charge on any atom is 0.264 e. The van der Waals surface area contributed by atoms with Crippen molar-refractivity contribution < 1.29 is 9.53 Å². The first-order chi connectivity index (χ1) is 9.61. The Morgan fingerprint density at radius 3 is 3.05 bits per heavy atom. The van der Waals surface area contributed by atoms with Crippen LogP contribution in [-0.4, -0.2) is 24.5 Å². The van der Waals surface area contributed by atoms with Crippen LogP contribution < -0.4 is 15.4 Å². The number of nitriles is 1.